The van der Waals surface area contributed by atoms with Crippen LogP contribution in [0, 0.1) is 0 Å². The molecule has 8 aromatic carbocycles. The fraction of sp³-hybridized carbons (Fsp3) is 0.250. The molecule has 0 radical (unpaired) electrons. The summed E-state index contributed by atoms with van der Waals surface area (Å²) >= 11 is 6.03. The van der Waals surface area contributed by atoms with Crippen LogP contribution in [-0.2, 0) is 71.0 Å². The molecule has 20 rings (SSSR count). The number of hydrogen-bond acceptors (Lipinski definition) is 28. The van der Waals surface area contributed by atoms with Crippen molar-refractivity contribution >= 4 is 122 Å². The second-order valence-corrected chi connectivity index (χ2v) is 32.2. The third-order valence-corrected chi connectivity index (χ3v) is 24.2. The molecular weight excluding hydrogens is 1720 g/mol. The third-order valence-electron chi connectivity index (χ3n) is 23.9. The van der Waals surface area contributed by atoms with Gasteiger partial charge in [0.05, 0.1) is 133 Å². The van der Waals surface area contributed by atoms with E-state index in [1.54, 1.807) is 103 Å². The lowest BCUT2D eigenvalue weighted by Crippen LogP contribution is -2.26. The first kappa shape index (κ1) is 90.1. The number of hydrogen-bond donors (Lipinski definition) is 8. The predicted molar refractivity (Wildman–Crippen MR) is 494 cm³/mol. The van der Waals surface area contributed by atoms with E-state index in [2.05, 4.69) is 77.1 Å². The summed E-state index contributed by atoms with van der Waals surface area (Å²) in [6.07, 6.45) is 6.53. The van der Waals surface area contributed by atoms with Gasteiger partial charge < -0.3 is 90.6 Å². The Morgan fingerprint density at radius 1 is 0.368 bits per heavy atom. The molecule has 0 fully saturated rings. The van der Waals surface area contributed by atoms with Gasteiger partial charge in [0.2, 0.25) is 23.6 Å². The molecule has 133 heavy (non-hydrogen) atoms. The van der Waals surface area contributed by atoms with Gasteiger partial charge in [-0.1, -0.05) is 11.6 Å². The summed E-state index contributed by atoms with van der Waals surface area (Å²) in [6, 6.07) is 44.2. The van der Waals surface area contributed by atoms with E-state index in [0.717, 1.165) is 84.0 Å². The summed E-state index contributed by atoms with van der Waals surface area (Å²) in [5.74, 6) is 8.94. The monoisotopic (exact) mass is 1820 g/mol. The van der Waals surface area contributed by atoms with Gasteiger partial charge in [0.25, 0.3) is 23.6 Å². The van der Waals surface area contributed by atoms with Gasteiger partial charge in [0.15, 0.2) is 0 Å². The molecule has 8 aliphatic heterocycles. The molecule has 4 atom stereocenters. The van der Waals surface area contributed by atoms with E-state index in [-0.39, 0.29) is 97.1 Å². The highest BCUT2D eigenvalue weighted by atomic mass is 35.5. The van der Waals surface area contributed by atoms with Crippen molar-refractivity contribution in [1.29, 1.82) is 0 Å². The molecule has 9 N–H and O–H groups in total. The van der Waals surface area contributed by atoms with Crippen molar-refractivity contribution in [3.05, 3.63) is 265 Å². The number of benzene rings is 8. The predicted octanol–water partition coefficient (Wildman–Crippen LogP) is 13.3. The highest BCUT2D eigenvalue weighted by Gasteiger charge is 2.40. The van der Waals surface area contributed by atoms with E-state index in [9.17, 15) is 38.4 Å². The van der Waals surface area contributed by atoms with Gasteiger partial charge >= 0.3 is 0 Å². The minimum absolute atomic E-state index is 0.0105. The molecule has 4 unspecified atom stereocenters. The fourth-order valence-corrected chi connectivity index (χ4v) is 17.1. The number of nitrogens with zero attached hydrogens (tertiary/aromatic N) is 12. The zero-order chi connectivity index (χ0) is 93.7. The Balaban J connectivity index is 0.000000126. The summed E-state index contributed by atoms with van der Waals surface area (Å²) in [4.78, 5) is 138. The number of carbonyl (C=O) groups excluding carboxylic acids is 8. The first-order valence-corrected chi connectivity index (χ1v) is 42.6. The Morgan fingerprint density at radius 3 is 1.12 bits per heavy atom. The van der Waals surface area contributed by atoms with Gasteiger partial charge in [-0.15, -0.1) is 0 Å². The van der Waals surface area contributed by atoms with Crippen molar-refractivity contribution in [3.63, 3.8) is 0 Å². The first-order chi connectivity index (χ1) is 64.2. The molecule has 0 saturated heterocycles. The minimum Gasteiger partial charge on any atom is -0.497 e. The van der Waals surface area contributed by atoms with Crippen LogP contribution >= 0.6 is 11.6 Å². The van der Waals surface area contributed by atoms with Crippen LogP contribution in [0.15, 0.2) is 171 Å². The molecule has 4 aromatic heterocycles. The highest BCUT2D eigenvalue weighted by molar-refractivity contribution is 6.31. The molecule has 680 valence electrons. The summed E-state index contributed by atoms with van der Waals surface area (Å²) in [5, 5.41) is 21.2. The Kier molecular flexibility index (Phi) is 26.1. The Labute approximate surface area is 768 Å². The summed E-state index contributed by atoms with van der Waals surface area (Å²) in [6.45, 7) is 9.42. The molecule has 12 aromatic rings. The lowest BCUT2D eigenvalue weighted by Gasteiger charge is -2.23. The van der Waals surface area contributed by atoms with Gasteiger partial charge in [-0.25, -0.2) is 39.9 Å². The SMILES string of the molecule is CC1NC(=O)c2ccc(Nc3ncnc4c3CC(=O)N4)cc21.CC1NC(=O)c2ccc(Nc3ncnc4c3CC(=O)N4)cc21.COc1ccc(CN2C(=O)Cc3c(Cl)ncnc32)c(OC)c1.COc1ccc(CN2C(=O)Cc3c(Nc4ccc5c(c4)C(C)N(Cc4ccc(OC)cc4OC)C5=O)ncnc32)c(OC)c1.COc1ccc(CN2C(=O)c3ccc(N)cc3C2C)c(OC)c1. The number of nitrogens with two attached hydrogens (primary N) is 1. The van der Waals surface area contributed by atoms with Gasteiger partial charge in [-0.3, -0.25) is 48.2 Å². The highest BCUT2D eigenvalue weighted by Crippen LogP contribution is 2.44. The van der Waals surface area contributed by atoms with Crippen LogP contribution in [0.4, 0.5) is 63.5 Å². The van der Waals surface area contributed by atoms with Crippen molar-refractivity contribution in [2.75, 3.05) is 99.0 Å². The average molecular weight is 1820 g/mol. The summed E-state index contributed by atoms with van der Waals surface area (Å²) in [5.41, 5.74) is 21.9. The lowest BCUT2D eigenvalue weighted by atomic mass is 10.0. The standard InChI is InChI=1S/C33H33N5O6.C18H20N2O3.C15H14ClN3O3.2C15H13N5O2/c1-19-26-12-22(8-11-25(26)33(40)37(19)16-20-6-9-23(41-2)13-28(20)43-4)36-31-27-15-30(39)38(32(27)35-18-34-31)17-21-7-10-24(42-3)14-29(21)44-5;1-11-16-8-13(19)5-7-15(16)18(21)20(11)10-12-4-6-14(22-2)9-17(12)23-3;1-21-10-4-3-9(12(5-10)22-2)7-19-13(20)6-11-14(16)17-8-18-15(11)19;2*1-7-10-4-8(2-3-9(10)15(22)18-7)19-13-11-5-12(21)20-14(11)17-6-16-13/h6-14,18-19H,15-17H2,1-5H3,(H,34,35,36);4-9,11H,10,19H2,1-3H3;3-5,8H,6-7H2,1-2H3;2*2-4,6-7H,5H2,1H3,(H,18,22)(H2,16,17,19,20,21). The maximum absolute atomic E-state index is 13.4. The van der Waals surface area contributed by atoms with Crippen LogP contribution in [0.1, 0.15) is 160 Å². The molecular formula is C96H93ClN20O16. The Morgan fingerprint density at radius 2 is 0.714 bits per heavy atom. The number of fused-ring (bicyclic) bond motifs is 8. The zero-order valence-corrected chi connectivity index (χ0v) is 75.2. The Hall–Kier alpha value is -16.3. The zero-order valence-electron chi connectivity index (χ0n) is 74.5. The molecule has 0 saturated carbocycles. The number of nitrogen functional groups attached to an aromatic ring is 1. The van der Waals surface area contributed by atoms with E-state index >= 15 is 0 Å². The van der Waals surface area contributed by atoms with Crippen molar-refractivity contribution < 1.29 is 76.3 Å². The first-order valence-electron chi connectivity index (χ1n) is 42.2. The summed E-state index contributed by atoms with van der Waals surface area (Å²) < 4.78 is 42.9. The van der Waals surface area contributed by atoms with E-state index in [1.807, 2.05) is 147 Å². The van der Waals surface area contributed by atoms with Gasteiger partial charge in [0, 0.05) is 114 Å². The number of amides is 8. The largest absolute Gasteiger partial charge is 0.497 e. The normalized spacial score (nSPS) is 16.2. The molecule has 0 bridgehead atoms. The van der Waals surface area contributed by atoms with Crippen LogP contribution in [-0.4, -0.2) is 154 Å². The van der Waals surface area contributed by atoms with E-state index in [4.69, 9.17) is 55.2 Å². The molecule has 0 spiro atoms. The number of aromatic nitrogens is 8. The second-order valence-electron chi connectivity index (χ2n) is 31.8. The maximum Gasteiger partial charge on any atom is 0.255 e. The van der Waals surface area contributed by atoms with Crippen molar-refractivity contribution in [1.82, 2.24) is 60.3 Å². The van der Waals surface area contributed by atoms with E-state index in [1.165, 1.54) is 25.3 Å². The third kappa shape index (κ3) is 18.6. The van der Waals surface area contributed by atoms with Crippen LogP contribution in [0.25, 0.3) is 0 Å². The number of anilines is 11. The number of rotatable bonds is 22. The van der Waals surface area contributed by atoms with Gasteiger partial charge in [0.1, 0.15) is 117 Å². The topological polar surface area (TPSA) is 437 Å². The van der Waals surface area contributed by atoms with Crippen LogP contribution in [0.3, 0.4) is 0 Å². The molecule has 8 aliphatic rings. The number of methoxy groups -OCH3 is 8. The smallest absolute Gasteiger partial charge is 0.255 e. The quantitative estimate of drug-likeness (QED) is 0.0231. The maximum atomic E-state index is 13.4. The molecule has 0 aliphatic carbocycles. The van der Waals surface area contributed by atoms with Gasteiger partial charge in [-0.05, 0) is 171 Å². The number of ether oxygens (including phenoxy) is 8. The number of nitrogens with one attached hydrogen (secondary N) is 7. The second kappa shape index (κ2) is 38.6. The van der Waals surface area contributed by atoms with Crippen LogP contribution < -0.4 is 90.6 Å². The molecule has 8 amide bonds. The average Bonchev–Trinajstić information content (AvgIpc) is 1.62. The van der Waals surface area contributed by atoms with Crippen molar-refractivity contribution in [2.45, 2.75) is 104 Å². The molecule has 12 heterocycles. The van der Waals surface area contributed by atoms with Crippen molar-refractivity contribution in [3.8, 4) is 46.0 Å². The molecule has 36 nitrogen and oxygen atoms in total. The van der Waals surface area contributed by atoms with Crippen molar-refractivity contribution in [2.24, 2.45) is 0 Å². The lowest BCUT2D eigenvalue weighted by molar-refractivity contribution is -0.118. The van der Waals surface area contributed by atoms with Crippen LogP contribution in [0.5, 0.6) is 46.0 Å². The van der Waals surface area contributed by atoms with Gasteiger partial charge in [-0.2, -0.15) is 0 Å². The number of halogens is 1. The Bertz CT molecular complexity index is 6530. The summed E-state index contributed by atoms with van der Waals surface area (Å²) in [7, 11) is 12.8. The number of carbonyl (C=O) groups is 8. The minimum atomic E-state index is -0.168. The van der Waals surface area contributed by atoms with E-state index in [0.29, 0.717) is 146 Å². The molecule has 37 heteroatoms. The fourth-order valence-electron chi connectivity index (χ4n) is 16.9. The van der Waals surface area contributed by atoms with E-state index < -0.39 is 0 Å². The van der Waals surface area contributed by atoms with Crippen LogP contribution in [0.2, 0.25) is 5.15 Å².